The standard InChI is InChI=1S/C15H20N2O3/c1-17(10-11-6-8-16-9-7-11)14(18)12-2-4-13(5-3-12)15(19)20/h6-9,12-13H,2-5,10H2,1H3,(H,19,20). The number of carbonyl (C=O) groups excluding carboxylic acids is 1. The molecule has 1 N–H and O–H groups in total. The van der Waals surface area contributed by atoms with Crippen molar-refractivity contribution in [2.24, 2.45) is 11.8 Å². The number of aromatic nitrogens is 1. The highest BCUT2D eigenvalue weighted by Crippen LogP contribution is 2.30. The number of pyridine rings is 1. The molecule has 20 heavy (non-hydrogen) atoms. The van der Waals surface area contributed by atoms with Crippen LogP contribution in [0.5, 0.6) is 0 Å². The first-order valence-corrected chi connectivity index (χ1v) is 6.94. The third-order valence-electron chi connectivity index (χ3n) is 3.97. The molecule has 0 atom stereocenters. The van der Waals surface area contributed by atoms with Crippen molar-refractivity contribution >= 4 is 11.9 Å². The van der Waals surface area contributed by atoms with Gasteiger partial charge < -0.3 is 10.0 Å². The van der Waals surface area contributed by atoms with Crippen LogP contribution in [0.3, 0.4) is 0 Å². The van der Waals surface area contributed by atoms with Gasteiger partial charge in [-0.2, -0.15) is 0 Å². The van der Waals surface area contributed by atoms with Crippen LogP contribution in [-0.4, -0.2) is 33.9 Å². The van der Waals surface area contributed by atoms with Gasteiger partial charge in [0.2, 0.25) is 5.91 Å². The Morgan fingerprint density at radius 3 is 2.30 bits per heavy atom. The van der Waals surface area contributed by atoms with E-state index in [1.54, 1.807) is 24.3 Å². The number of carboxylic acids is 1. The van der Waals surface area contributed by atoms with E-state index in [1.807, 2.05) is 12.1 Å². The van der Waals surface area contributed by atoms with Gasteiger partial charge in [0.1, 0.15) is 0 Å². The predicted octanol–water partition coefficient (Wildman–Crippen LogP) is 1.93. The normalized spacial score (nSPS) is 22.2. The second kappa shape index (κ2) is 6.50. The Kier molecular flexibility index (Phi) is 4.71. The van der Waals surface area contributed by atoms with Crippen molar-refractivity contribution in [3.05, 3.63) is 30.1 Å². The molecule has 108 valence electrons. The van der Waals surface area contributed by atoms with E-state index in [0.717, 1.165) is 5.56 Å². The van der Waals surface area contributed by atoms with E-state index in [4.69, 9.17) is 5.11 Å². The van der Waals surface area contributed by atoms with Crippen molar-refractivity contribution < 1.29 is 14.7 Å². The van der Waals surface area contributed by atoms with Crippen molar-refractivity contribution in [3.63, 3.8) is 0 Å². The molecular formula is C15H20N2O3. The summed E-state index contributed by atoms with van der Waals surface area (Å²) in [6, 6.07) is 3.79. The highest BCUT2D eigenvalue weighted by Gasteiger charge is 2.31. The molecule has 2 rings (SSSR count). The zero-order valence-electron chi connectivity index (χ0n) is 11.7. The number of carbonyl (C=O) groups is 2. The first-order chi connectivity index (χ1) is 9.58. The Bertz CT molecular complexity index is 467. The van der Waals surface area contributed by atoms with Crippen LogP contribution in [0.15, 0.2) is 24.5 Å². The van der Waals surface area contributed by atoms with Gasteiger partial charge in [0.15, 0.2) is 0 Å². The van der Waals surface area contributed by atoms with Gasteiger partial charge in [0.25, 0.3) is 0 Å². The first-order valence-electron chi connectivity index (χ1n) is 6.94. The lowest BCUT2D eigenvalue weighted by molar-refractivity contribution is -0.145. The van der Waals surface area contributed by atoms with Crippen molar-refractivity contribution in [3.8, 4) is 0 Å². The second-order valence-corrected chi connectivity index (χ2v) is 5.44. The lowest BCUT2D eigenvalue weighted by Crippen LogP contribution is -2.35. The van der Waals surface area contributed by atoms with Crippen LogP contribution in [-0.2, 0) is 16.1 Å². The number of hydrogen-bond donors (Lipinski definition) is 1. The summed E-state index contributed by atoms with van der Waals surface area (Å²) in [6.07, 6.45) is 5.99. The van der Waals surface area contributed by atoms with Crippen LogP contribution in [0.4, 0.5) is 0 Å². The van der Waals surface area contributed by atoms with E-state index in [0.29, 0.717) is 32.2 Å². The molecule has 0 radical (unpaired) electrons. The third kappa shape index (κ3) is 3.56. The minimum atomic E-state index is -0.735. The summed E-state index contributed by atoms with van der Waals surface area (Å²) in [6.45, 7) is 0.570. The maximum Gasteiger partial charge on any atom is 0.306 e. The zero-order valence-corrected chi connectivity index (χ0v) is 11.7. The second-order valence-electron chi connectivity index (χ2n) is 5.44. The van der Waals surface area contributed by atoms with E-state index in [1.165, 1.54) is 0 Å². The highest BCUT2D eigenvalue weighted by atomic mass is 16.4. The van der Waals surface area contributed by atoms with Gasteiger partial charge >= 0.3 is 5.97 Å². The van der Waals surface area contributed by atoms with E-state index in [2.05, 4.69) is 4.98 Å². The zero-order chi connectivity index (χ0) is 14.5. The number of aliphatic carboxylic acids is 1. The van der Waals surface area contributed by atoms with E-state index >= 15 is 0 Å². The molecule has 1 heterocycles. The van der Waals surface area contributed by atoms with E-state index < -0.39 is 5.97 Å². The van der Waals surface area contributed by atoms with Crippen molar-refractivity contribution in [2.45, 2.75) is 32.2 Å². The van der Waals surface area contributed by atoms with Crippen LogP contribution in [0.1, 0.15) is 31.2 Å². The Morgan fingerprint density at radius 1 is 1.20 bits per heavy atom. The Balaban J connectivity index is 1.87. The van der Waals surface area contributed by atoms with Gasteiger partial charge in [-0.25, -0.2) is 0 Å². The lowest BCUT2D eigenvalue weighted by Gasteiger charge is -2.29. The van der Waals surface area contributed by atoms with Crippen molar-refractivity contribution in [1.82, 2.24) is 9.88 Å². The molecule has 1 aromatic rings. The fraction of sp³-hybridized carbons (Fsp3) is 0.533. The lowest BCUT2D eigenvalue weighted by atomic mass is 9.81. The summed E-state index contributed by atoms with van der Waals surface area (Å²) in [7, 11) is 1.80. The van der Waals surface area contributed by atoms with Gasteiger partial charge in [0, 0.05) is 31.9 Å². The molecule has 1 aromatic heterocycles. The quantitative estimate of drug-likeness (QED) is 0.912. The van der Waals surface area contributed by atoms with Crippen molar-refractivity contribution in [2.75, 3.05) is 7.05 Å². The third-order valence-corrected chi connectivity index (χ3v) is 3.97. The van der Waals surface area contributed by atoms with E-state index in [-0.39, 0.29) is 17.7 Å². The van der Waals surface area contributed by atoms with E-state index in [9.17, 15) is 9.59 Å². The molecule has 0 aliphatic heterocycles. The largest absolute Gasteiger partial charge is 0.481 e. The molecule has 1 saturated carbocycles. The molecule has 1 fully saturated rings. The SMILES string of the molecule is CN(Cc1ccncc1)C(=O)C1CCC(C(=O)O)CC1. The average Bonchev–Trinajstić information content (AvgIpc) is 2.47. The number of rotatable bonds is 4. The fourth-order valence-corrected chi connectivity index (χ4v) is 2.74. The number of nitrogens with zero attached hydrogens (tertiary/aromatic N) is 2. The first kappa shape index (κ1) is 14.5. The Morgan fingerprint density at radius 2 is 1.75 bits per heavy atom. The van der Waals surface area contributed by atoms with Crippen LogP contribution in [0.25, 0.3) is 0 Å². The molecule has 0 spiro atoms. The summed E-state index contributed by atoms with van der Waals surface area (Å²) >= 11 is 0. The monoisotopic (exact) mass is 276 g/mol. The molecule has 0 saturated heterocycles. The van der Waals surface area contributed by atoms with Crippen LogP contribution in [0.2, 0.25) is 0 Å². The van der Waals surface area contributed by atoms with Crippen LogP contribution in [0, 0.1) is 11.8 Å². The number of hydrogen-bond acceptors (Lipinski definition) is 3. The Hall–Kier alpha value is -1.91. The maximum absolute atomic E-state index is 12.3. The summed E-state index contributed by atoms with van der Waals surface area (Å²) in [5, 5.41) is 8.97. The fourth-order valence-electron chi connectivity index (χ4n) is 2.74. The molecule has 5 nitrogen and oxygen atoms in total. The smallest absolute Gasteiger partial charge is 0.306 e. The van der Waals surface area contributed by atoms with Crippen molar-refractivity contribution in [1.29, 1.82) is 0 Å². The molecular weight excluding hydrogens is 256 g/mol. The molecule has 5 heteroatoms. The summed E-state index contributed by atoms with van der Waals surface area (Å²) in [5.41, 5.74) is 1.05. The molecule has 0 aromatic carbocycles. The van der Waals surface area contributed by atoms with Gasteiger partial charge in [-0.05, 0) is 43.4 Å². The maximum atomic E-state index is 12.3. The van der Waals surface area contributed by atoms with Gasteiger partial charge in [0.05, 0.1) is 5.92 Å². The summed E-state index contributed by atoms with van der Waals surface area (Å²) in [4.78, 5) is 28.9. The predicted molar refractivity (Wildman–Crippen MR) is 73.8 cm³/mol. The minimum Gasteiger partial charge on any atom is -0.481 e. The highest BCUT2D eigenvalue weighted by molar-refractivity contribution is 5.79. The van der Waals surface area contributed by atoms with Gasteiger partial charge in [-0.3, -0.25) is 14.6 Å². The molecule has 1 aliphatic carbocycles. The number of amides is 1. The van der Waals surface area contributed by atoms with Gasteiger partial charge in [-0.1, -0.05) is 0 Å². The number of carboxylic acid groups (broad SMARTS) is 1. The van der Waals surface area contributed by atoms with Crippen LogP contribution < -0.4 is 0 Å². The van der Waals surface area contributed by atoms with Gasteiger partial charge in [-0.15, -0.1) is 0 Å². The van der Waals surface area contributed by atoms with Crippen LogP contribution >= 0.6 is 0 Å². The topological polar surface area (TPSA) is 70.5 Å². The average molecular weight is 276 g/mol. The summed E-state index contributed by atoms with van der Waals surface area (Å²) in [5.74, 6) is -0.923. The molecule has 1 aliphatic rings. The Labute approximate surface area is 118 Å². The molecule has 1 amide bonds. The molecule has 0 bridgehead atoms. The summed E-state index contributed by atoms with van der Waals surface area (Å²) < 4.78 is 0. The molecule has 0 unspecified atom stereocenters. The minimum absolute atomic E-state index is 0.0302.